The number of hydrogen-bond acceptors (Lipinski definition) is 8. The second kappa shape index (κ2) is 8.58. The largest absolute Gasteiger partial charge is 0.459 e. The lowest BCUT2D eigenvalue weighted by atomic mass is 9.79. The molecule has 0 spiro atoms. The summed E-state index contributed by atoms with van der Waals surface area (Å²) < 4.78 is 16.5. The highest BCUT2D eigenvalue weighted by Crippen LogP contribution is 2.35. The lowest BCUT2D eigenvalue weighted by molar-refractivity contribution is -0.131. The number of aliphatic hydroxyl groups is 3. The van der Waals surface area contributed by atoms with Crippen molar-refractivity contribution in [2.24, 2.45) is 0 Å². The number of rotatable bonds is 6. The van der Waals surface area contributed by atoms with Gasteiger partial charge in [-0.3, -0.25) is 0 Å². The Morgan fingerprint density at radius 2 is 1.97 bits per heavy atom. The topological polar surface area (TPSA) is 130 Å². The average Bonchev–Trinajstić information content (AvgIpc) is 3.14. The first-order valence-electron chi connectivity index (χ1n) is 10.4. The van der Waals surface area contributed by atoms with Crippen molar-refractivity contribution in [2.75, 3.05) is 33.0 Å². The fourth-order valence-corrected chi connectivity index (χ4v) is 4.34. The van der Waals surface area contributed by atoms with Gasteiger partial charge in [-0.15, -0.1) is 0 Å². The summed E-state index contributed by atoms with van der Waals surface area (Å²) in [5.41, 5.74) is 3.19. The SMILES string of the molecule is OC[C@H]1OC[C@H](Oc2nc3nc(-c4ccc(C5(CO)COC5)cc4)c(Cl)cc3[nH]2)C[C@@H]1O. The predicted octanol–water partition coefficient (Wildman–Crippen LogP) is 1.43. The first-order valence-corrected chi connectivity index (χ1v) is 10.8. The van der Waals surface area contributed by atoms with Crippen molar-refractivity contribution in [1.82, 2.24) is 15.0 Å². The van der Waals surface area contributed by atoms with E-state index >= 15 is 0 Å². The summed E-state index contributed by atoms with van der Waals surface area (Å²) in [5, 5.41) is 29.4. The Labute approximate surface area is 188 Å². The van der Waals surface area contributed by atoms with Gasteiger partial charge in [0.05, 0.1) is 60.8 Å². The van der Waals surface area contributed by atoms with Crippen LogP contribution in [0.3, 0.4) is 0 Å². The fourth-order valence-electron chi connectivity index (χ4n) is 4.08. The Hall–Kier alpha value is -2.27. The van der Waals surface area contributed by atoms with Gasteiger partial charge in [0.1, 0.15) is 12.2 Å². The van der Waals surface area contributed by atoms with Gasteiger partial charge < -0.3 is 34.5 Å². The van der Waals surface area contributed by atoms with Crippen LogP contribution < -0.4 is 4.74 Å². The summed E-state index contributed by atoms with van der Waals surface area (Å²) in [4.78, 5) is 12.1. The highest BCUT2D eigenvalue weighted by molar-refractivity contribution is 6.33. The van der Waals surface area contributed by atoms with E-state index in [4.69, 9.17) is 25.8 Å². The minimum Gasteiger partial charge on any atom is -0.459 e. The van der Waals surface area contributed by atoms with Crippen molar-refractivity contribution < 1.29 is 29.5 Å². The summed E-state index contributed by atoms with van der Waals surface area (Å²) in [6, 6.07) is 9.78. The van der Waals surface area contributed by atoms with E-state index in [-0.39, 0.29) is 31.2 Å². The van der Waals surface area contributed by atoms with Crippen molar-refractivity contribution in [3.8, 4) is 17.3 Å². The molecule has 2 aromatic heterocycles. The van der Waals surface area contributed by atoms with E-state index in [2.05, 4.69) is 15.0 Å². The van der Waals surface area contributed by atoms with Crippen molar-refractivity contribution in [2.45, 2.75) is 30.1 Å². The van der Waals surface area contributed by atoms with Crippen LogP contribution in [0.1, 0.15) is 12.0 Å². The molecule has 9 nitrogen and oxygen atoms in total. The Bertz CT molecular complexity index is 1100. The minimum absolute atomic E-state index is 0.0388. The molecule has 2 aliphatic heterocycles. The van der Waals surface area contributed by atoms with Crippen molar-refractivity contribution >= 4 is 22.8 Å². The van der Waals surface area contributed by atoms with E-state index in [1.165, 1.54) is 0 Å². The number of pyridine rings is 1. The molecule has 2 fully saturated rings. The molecule has 3 atom stereocenters. The maximum absolute atomic E-state index is 10.0. The Morgan fingerprint density at radius 1 is 1.19 bits per heavy atom. The third-order valence-corrected chi connectivity index (χ3v) is 6.41. The van der Waals surface area contributed by atoms with Crippen LogP contribution in [-0.4, -0.2) is 81.6 Å². The third-order valence-electron chi connectivity index (χ3n) is 6.12. The van der Waals surface area contributed by atoms with E-state index in [0.29, 0.717) is 41.5 Å². The molecule has 2 saturated heterocycles. The normalized spacial score (nSPS) is 24.9. The molecule has 10 heteroatoms. The molecule has 0 amide bonds. The second-order valence-corrected chi connectivity index (χ2v) is 8.74. The van der Waals surface area contributed by atoms with Crippen molar-refractivity contribution in [3.63, 3.8) is 0 Å². The van der Waals surface area contributed by atoms with Gasteiger partial charge in [0.15, 0.2) is 5.65 Å². The van der Waals surface area contributed by atoms with Gasteiger partial charge in [-0.05, 0) is 11.6 Å². The lowest BCUT2D eigenvalue weighted by Crippen LogP contribution is -2.49. The molecule has 1 aromatic carbocycles. The molecule has 3 aromatic rings. The number of nitrogens with zero attached hydrogens (tertiary/aromatic N) is 2. The molecule has 5 rings (SSSR count). The molecular weight excluding hydrogens is 438 g/mol. The summed E-state index contributed by atoms with van der Waals surface area (Å²) in [6.07, 6.45) is -1.47. The van der Waals surface area contributed by atoms with Crippen molar-refractivity contribution in [1.29, 1.82) is 0 Å². The zero-order chi connectivity index (χ0) is 22.3. The van der Waals surface area contributed by atoms with Gasteiger partial charge in [-0.2, -0.15) is 4.98 Å². The summed E-state index contributed by atoms with van der Waals surface area (Å²) in [5.74, 6) is 0. The molecule has 0 radical (unpaired) electrons. The van der Waals surface area contributed by atoms with Crippen LogP contribution in [0.4, 0.5) is 0 Å². The van der Waals surface area contributed by atoms with Crippen LogP contribution in [0, 0.1) is 0 Å². The number of imidazole rings is 1. The number of fused-ring (bicyclic) bond motifs is 1. The van der Waals surface area contributed by atoms with Crippen LogP contribution in [0.2, 0.25) is 5.02 Å². The summed E-state index contributed by atoms with van der Waals surface area (Å²) in [7, 11) is 0. The molecule has 170 valence electrons. The second-order valence-electron chi connectivity index (χ2n) is 8.34. The van der Waals surface area contributed by atoms with Crippen LogP contribution in [0.25, 0.3) is 22.4 Å². The monoisotopic (exact) mass is 461 g/mol. The highest BCUT2D eigenvalue weighted by atomic mass is 35.5. The Balaban J connectivity index is 1.36. The zero-order valence-corrected chi connectivity index (χ0v) is 18.0. The third kappa shape index (κ3) is 3.85. The Kier molecular flexibility index (Phi) is 5.79. The molecular formula is C22H24ClN3O6. The highest BCUT2D eigenvalue weighted by Gasteiger charge is 2.39. The molecule has 0 aliphatic carbocycles. The van der Waals surface area contributed by atoms with E-state index in [9.17, 15) is 15.3 Å². The summed E-state index contributed by atoms with van der Waals surface area (Å²) in [6.45, 7) is 1.06. The molecule has 0 bridgehead atoms. The van der Waals surface area contributed by atoms with Crippen LogP contribution in [0.5, 0.6) is 6.01 Å². The number of nitrogens with one attached hydrogen (secondary N) is 1. The number of aromatic amines is 1. The van der Waals surface area contributed by atoms with Gasteiger partial charge in [-0.1, -0.05) is 35.9 Å². The van der Waals surface area contributed by atoms with Gasteiger partial charge in [-0.25, -0.2) is 4.98 Å². The number of H-pyrrole nitrogens is 1. The van der Waals surface area contributed by atoms with Crippen LogP contribution in [0.15, 0.2) is 30.3 Å². The first kappa shape index (κ1) is 21.6. The number of halogens is 1. The van der Waals surface area contributed by atoms with Crippen LogP contribution >= 0.6 is 11.6 Å². The van der Waals surface area contributed by atoms with E-state index in [1.807, 2.05) is 24.3 Å². The standard InChI is InChI=1S/C22H24ClN3O6/c23-15-6-16-20(26-21(24-16)32-14-5-17(29)18(7-27)31-8-14)25-19(15)12-1-3-13(4-2-12)22(9-28)10-30-11-22/h1-4,6,14,17-18,27-29H,5,7-11H2,(H,24,25,26)/t14-,17+,18-/m1/s1. The average molecular weight is 462 g/mol. The Morgan fingerprint density at radius 3 is 2.59 bits per heavy atom. The first-order chi connectivity index (χ1) is 15.5. The quantitative estimate of drug-likeness (QED) is 0.433. The van der Waals surface area contributed by atoms with Gasteiger partial charge in [0.2, 0.25) is 0 Å². The number of hydrogen-bond donors (Lipinski definition) is 4. The number of ether oxygens (including phenoxy) is 3. The molecule has 32 heavy (non-hydrogen) atoms. The minimum atomic E-state index is -0.804. The van der Waals surface area contributed by atoms with E-state index < -0.39 is 18.3 Å². The van der Waals surface area contributed by atoms with Gasteiger partial charge in [0.25, 0.3) is 6.01 Å². The summed E-state index contributed by atoms with van der Waals surface area (Å²) >= 11 is 6.50. The number of benzene rings is 1. The van der Waals surface area contributed by atoms with E-state index in [0.717, 1.165) is 11.1 Å². The maximum atomic E-state index is 10.0. The molecule has 4 N–H and O–H groups in total. The lowest BCUT2D eigenvalue weighted by Gasteiger charge is -2.40. The van der Waals surface area contributed by atoms with Gasteiger partial charge in [0, 0.05) is 12.0 Å². The van der Waals surface area contributed by atoms with Crippen LogP contribution in [-0.2, 0) is 14.9 Å². The zero-order valence-electron chi connectivity index (χ0n) is 17.2. The molecule has 0 unspecified atom stereocenters. The van der Waals surface area contributed by atoms with Gasteiger partial charge >= 0.3 is 0 Å². The van der Waals surface area contributed by atoms with Crippen molar-refractivity contribution in [3.05, 3.63) is 40.9 Å². The number of aromatic nitrogens is 3. The smallest absolute Gasteiger partial charge is 0.296 e. The molecule has 0 saturated carbocycles. The molecule has 2 aliphatic rings. The maximum Gasteiger partial charge on any atom is 0.296 e. The molecule has 4 heterocycles. The number of aliphatic hydroxyl groups excluding tert-OH is 3. The predicted molar refractivity (Wildman–Crippen MR) is 116 cm³/mol. The van der Waals surface area contributed by atoms with E-state index in [1.54, 1.807) is 6.07 Å². The fraction of sp³-hybridized carbons (Fsp3) is 0.455.